The molecule has 4 heteroatoms. The summed E-state index contributed by atoms with van der Waals surface area (Å²) in [6.45, 7) is 2.61. The predicted molar refractivity (Wildman–Crippen MR) is 87.9 cm³/mol. The Morgan fingerprint density at radius 1 is 0.857 bits per heavy atom. The number of methoxy groups -OCH3 is 1. The maximum Gasteiger partial charge on any atom is 0.119 e. The fraction of sp³-hybridized carbons (Fsp3) is 0.294. The van der Waals surface area contributed by atoms with Crippen molar-refractivity contribution in [3.05, 3.63) is 59.7 Å². The molecule has 0 N–H and O–H groups in total. The van der Waals surface area contributed by atoms with Gasteiger partial charge < -0.3 is 9.47 Å². The first-order valence-corrected chi connectivity index (χ1v) is 7.68. The van der Waals surface area contributed by atoms with E-state index >= 15 is 0 Å². The van der Waals surface area contributed by atoms with Gasteiger partial charge in [0.1, 0.15) is 16.3 Å². The predicted octanol–water partition coefficient (Wildman–Crippen LogP) is 5.03. The summed E-state index contributed by atoms with van der Waals surface area (Å²) in [7, 11) is 1.64. The van der Waals surface area contributed by atoms with Crippen LogP contribution in [0.5, 0.6) is 11.5 Å². The molecule has 0 aliphatic heterocycles. The molecule has 0 aromatic heterocycles. The highest BCUT2D eigenvalue weighted by Crippen LogP contribution is 2.34. The average Bonchev–Trinajstić information content (AvgIpc) is 2.50. The van der Waals surface area contributed by atoms with Gasteiger partial charge in [-0.25, -0.2) is 0 Å². The molecule has 0 bridgehead atoms. The minimum Gasteiger partial charge on any atom is -0.497 e. The Bertz CT molecular complexity index is 550. The Kier molecular flexibility index (Phi) is 5.77. The van der Waals surface area contributed by atoms with Crippen LogP contribution in [0.1, 0.15) is 24.0 Å². The van der Waals surface area contributed by atoms with E-state index in [1.54, 1.807) is 7.11 Å². The first-order valence-electron chi connectivity index (χ1n) is 6.80. The molecule has 2 aromatic rings. The molecule has 0 aliphatic rings. The standard InChI is InChI=1S/C17H18Cl2O2/c1-3-21-15-10-6-13(7-11-15)16(17(18)19)12-4-8-14(20-2)9-5-12/h4-11,16-17H,3H2,1-2H3. The monoisotopic (exact) mass is 324 g/mol. The van der Waals surface area contributed by atoms with Gasteiger partial charge in [-0.2, -0.15) is 0 Å². The summed E-state index contributed by atoms with van der Waals surface area (Å²) in [6.07, 6.45) is 0. The molecule has 2 rings (SSSR count). The molecular formula is C17H18Cl2O2. The summed E-state index contributed by atoms with van der Waals surface area (Å²) in [5.74, 6) is 1.57. The van der Waals surface area contributed by atoms with Crippen molar-refractivity contribution >= 4 is 23.2 Å². The molecule has 0 spiro atoms. The van der Waals surface area contributed by atoms with Gasteiger partial charge in [0.25, 0.3) is 0 Å². The molecule has 21 heavy (non-hydrogen) atoms. The third kappa shape index (κ3) is 4.05. The van der Waals surface area contributed by atoms with Crippen molar-refractivity contribution in [3.63, 3.8) is 0 Å². The van der Waals surface area contributed by atoms with E-state index in [1.807, 2.05) is 55.5 Å². The quantitative estimate of drug-likeness (QED) is 0.694. The zero-order chi connectivity index (χ0) is 15.2. The Balaban J connectivity index is 2.29. The second-order valence-corrected chi connectivity index (χ2v) is 5.75. The SMILES string of the molecule is CCOc1ccc(C(c2ccc(OC)cc2)C(Cl)Cl)cc1. The van der Waals surface area contributed by atoms with E-state index in [-0.39, 0.29) is 5.92 Å². The summed E-state index contributed by atoms with van der Waals surface area (Å²) < 4.78 is 10.6. The fourth-order valence-corrected chi connectivity index (χ4v) is 2.81. The number of alkyl halides is 2. The molecule has 2 aromatic carbocycles. The van der Waals surface area contributed by atoms with Crippen LogP contribution in [-0.2, 0) is 0 Å². The number of hydrogen-bond acceptors (Lipinski definition) is 2. The van der Waals surface area contributed by atoms with E-state index in [0.29, 0.717) is 6.61 Å². The zero-order valence-electron chi connectivity index (χ0n) is 12.1. The van der Waals surface area contributed by atoms with Crippen molar-refractivity contribution in [1.82, 2.24) is 0 Å². The number of halogens is 2. The van der Waals surface area contributed by atoms with Crippen molar-refractivity contribution in [2.75, 3.05) is 13.7 Å². The van der Waals surface area contributed by atoms with E-state index in [1.165, 1.54) is 0 Å². The molecular weight excluding hydrogens is 307 g/mol. The van der Waals surface area contributed by atoms with E-state index in [0.717, 1.165) is 22.6 Å². The average molecular weight is 325 g/mol. The first kappa shape index (κ1) is 16.0. The third-order valence-corrected chi connectivity index (χ3v) is 3.78. The largest absolute Gasteiger partial charge is 0.497 e. The summed E-state index contributed by atoms with van der Waals surface area (Å²) in [6, 6.07) is 15.7. The Labute approximate surface area is 135 Å². The lowest BCUT2D eigenvalue weighted by Gasteiger charge is -2.19. The molecule has 0 amide bonds. The first-order chi connectivity index (χ1) is 10.2. The molecule has 2 nitrogen and oxygen atoms in total. The molecule has 0 saturated carbocycles. The van der Waals surface area contributed by atoms with Crippen molar-refractivity contribution in [1.29, 1.82) is 0 Å². The maximum atomic E-state index is 6.19. The van der Waals surface area contributed by atoms with Crippen molar-refractivity contribution < 1.29 is 9.47 Å². The Morgan fingerprint density at radius 2 is 1.33 bits per heavy atom. The molecule has 1 atom stereocenters. The van der Waals surface area contributed by atoms with E-state index in [2.05, 4.69) is 0 Å². The Hall–Kier alpha value is -1.38. The smallest absolute Gasteiger partial charge is 0.119 e. The molecule has 112 valence electrons. The molecule has 1 unspecified atom stereocenters. The number of hydrogen-bond donors (Lipinski definition) is 0. The summed E-state index contributed by atoms with van der Waals surface area (Å²) in [5.41, 5.74) is 2.11. The van der Waals surface area contributed by atoms with Crippen LogP contribution in [0.3, 0.4) is 0 Å². The lowest BCUT2D eigenvalue weighted by Crippen LogP contribution is -2.09. The third-order valence-electron chi connectivity index (χ3n) is 3.28. The number of ether oxygens (including phenoxy) is 2. The van der Waals surface area contributed by atoms with Crippen molar-refractivity contribution in [2.24, 2.45) is 0 Å². The van der Waals surface area contributed by atoms with Gasteiger partial charge >= 0.3 is 0 Å². The number of rotatable bonds is 6. The number of benzene rings is 2. The topological polar surface area (TPSA) is 18.5 Å². The van der Waals surface area contributed by atoms with Gasteiger partial charge in [-0.1, -0.05) is 24.3 Å². The van der Waals surface area contributed by atoms with Crippen LogP contribution < -0.4 is 9.47 Å². The van der Waals surface area contributed by atoms with Crippen LogP contribution >= 0.6 is 23.2 Å². The molecule has 0 aliphatic carbocycles. The highest BCUT2D eigenvalue weighted by molar-refractivity contribution is 6.45. The second kappa shape index (κ2) is 7.58. The summed E-state index contributed by atoms with van der Waals surface area (Å²) in [5, 5.41) is 0. The van der Waals surface area contributed by atoms with Crippen LogP contribution in [-0.4, -0.2) is 18.6 Å². The summed E-state index contributed by atoms with van der Waals surface area (Å²) in [4.78, 5) is -0.531. The second-order valence-electron chi connectivity index (χ2n) is 4.59. The molecule has 0 heterocycles. The van der Waals surface area contributed by atoms with Gasteiger partial charge in [0.15, 0.2) is 0 Å². The highest BCUT2D eigenvalue weighted by Gasteiger charge is 2.21. The Morgan fingerprint density at radius 3 is 1.71 bits per heavy atom. The lowest BCUT2D eigenvalue weighted by atomic mass is 9.92. The maximum absolute atomic E-state index is 6.19. The van der Waals surface area contributed by atoms with Gasteiger partial charge in [0, 0.05) is 5.92 Å². The van der Waals surface area contributed by atoms with Crippen molar-refractivity contribution in [3.8, 4) is 11.5 Å². The van der Waals surface area contributed by atoms with Gasteiger partial charge in [-0.05, 0) is 42.3 Å². The highest BCUT2D eigenvalue weighted by atomic mass is 35.5. The van der Waals surface area contributed by atoms with Gasteiger partial charge in [0.05, 0.1) is 13.7 Å². The molecule has 0 fully saturated rings. The summed E-state index contributed by atoms with van der Waals surface area (Å²) >= 11 is 12.4. The van der Waals surface area contributed by atoms with Crippen molar-refractivity contribution in [2.45, 2.75) is 17.7 Å². The van der Waals surface area contributed by atoms with Gasteiger partial charge in [0.2, 0.25) is 0 Å². The van der Waals surface area contributed by atoms with E-state index in [4.69, 9.17) is 32.7 Å². The van der Waals surface area contributed by atoms with Crippen LogP contribution in [0.2, 0.25) is 0 Å². The lowest BCUT2D eigenvalue weighted by molar-refractivity contribution is 0.340. The normalized spacial score (nSPS) is 12.2. The molecule has 0 saturated heterocycles. The minimum absolute atomic E-state index is 0.0880. The van der Waals surface area contributed by atoms with E-state index < -0.39 is 4.84 Å². The van der Waals surface area contributed by atoms with Crippen LogP contribution in [0, 0.1) is 0 Å². The van der Waals surface area contributed by atoms with Crippen LogP contribution in [0.4, 0.5) is 0 Å². The van der Waals surface area contributed by atoms with Gasteiger partial charge in [-0.3, -0.25) is 0 Å². The fourth-order valence-electron chi connectivity index (χ4n) is 2.23. The van der Waals surface area contributed by atoms with Gasteiger partial charge in [-0.15, -0.1) is 23.2 Å². The van der Waals surface area contributed by atoms with Crippen LogP contribution in [0.25, 0.3) is 0 Å². The van der Waals surface area contributed by atoms with Crippen LogP contribution in [0.15, 0.2) is 48.5 Å². The zero-order valence-corrected chi connectivity index (χ0v) is 13.6. The van der Waals surface area contributed by atoms with E-state index in [9.17, 15) is 0 Å². The minimum atomic E-state index is -0.531. The molecule has 0 radical (unpaired) electrons.